The maximum atomic E-state index is 5.24. The van der Waals surface area contributed by atoms with E-state index in [1.807, 2.05) is 25.3 Å². The van der Waals surface area contributed by atoms with Crippen molar-refractivity contribution in [1.82, 2.24) is 10.3 Å². The van der Waals surface area contributed by atoms with Crippen LogP contribution >= 0.6 is 11.3 Å². The molecule has 3 nitrogen and oxygen atoms in total. The minimum absolute atomic E-state index is 0.294. The van der Waals surface area contributed by atoms with Crippen molar-refractivity contribution < 1.29 is 4.74 Å². The van der Waals surface area contributed by atoms with Crippen LogP contribution in [0.5, 0.6) is 5.75 Å². The number of rotatable bonds is 5. The molecule has 1 aromatic carbocycles. The van der Waals surface area contributed by atoms with Crippen molar-refractivity contribution in [3.05, 3.63) is 45.9 Å². The van der Waals surface area contributed by atoms with Crippen molar-refractivity contribution >= 4 is 11.3 Å². The number of nitrogens with zero attached hydrogens (tertiary/aromatic N) is 1. The first-order valence-corrected chi connectivity index (χ1v) is 6.79. The van der Waals surface area contributed by atoms with Gasteiger partial charge >= 0.3 is 0 Å². The lowest BCUT2D eigenvalue weighted by Gasteiger charge is -2.14. The second-order valence-corrected chi connectivity index (χ2v) is 5.54. The number of aromatic nitrogens is 1. The van der Waals surface area contributed by atoms with Gasteiger partial charge in [-0.2, -0.15) is 0 Å². The van der Waals surface area contributed by atoms with E-state index in [0.717, 1.165) is 17.3 Å². The highest BCUT2D eigenvalue weighted by atomic mass is 32.1. The van der Waals surface area contributed by atoms with Crippen molar-refractivity contribution in [2.75, 3.05) is 7.11 Å². The summed E-state index contributed by atoms with van der Waals surface area (Å²) in [6, 6.07) is 8.45. The normalized spacial score (nSPS) is 12.4. The summed E-state index contributed by atoms with van der Waals surface area (Å²) in [5, 5.41) is 4.61. The van der Waals surface area contributed by atoms with E-state index in [2.05, 4.69) is 29.4 Å². The molecule has 0 unspecified atom stereocenters. The van der Waals surface area contributed by atoms with Gasteiger partial charge in [0.15, 0.2) is 0 Å². The largest absolute Gasteiger partial charge is 0.497 e. The van der Waals surface area contributed by atoms with Crippen LogP contribution in [-0.2, 0) is 6.54 Å². The van der Waals surface area contributed by atoms with Crippen LogP contribution in [0.1, 0.15) is 28.4 Å². The number of aryl methyl sites for hydroxylation is 1. The molecule has 2 rings (SSSR count). The number of benzene rings is 1. The molecule has 1 heterocycles. The fraction of sp³-hybridized carbons (Fsp3) is 0.357. The summed E-state index contributed by atoms with van der Waals surface area (Å²) in [6.07, 6.45) is 1.94. The zero-order chi connectivity index (χ0) is 13.0. The SMILES string of the molecule is COc1cccc([C@@H](C)NCc2cnc(C)s2)c1. The summed E-state index contributed by atoms with van der Waals surface area (Å²) >= 11 is 1.73. The van der Waals surface area contributed by atoms with Gasteiger partial charge in [-0.3, -0.25) is 0 Å². The number of nitrogens with one attached hydrogen (secondary N) is 1. The molecule has 0 aliphatic rings. The molecule has 0 radical (unpaired) electrons. The molecule has 1 atom stereocenters. The maximum absolute atomic E-state index is 5.24. The van der Waals surface area contributed by atoms with E-state index < -0.39 is 0 Å². The molecule has 2 aromatic rings. The number of thiazole rings is 1. The average molecular weight is 262 g/mol. The summed E-state index contributed by atoms with van der Waals surface area (Å²) in [6.45, 7) is 5.03. The monoisotopic (exact) mass is 262 g/mol. The van der Waals surface area contributed by atoms with Gasteiger partial charge in [-0.1, -0.05) is 12.1 Å². The molecule has 0 saturated heterocycles. The van der Waals surface area contributed by atoms with Crippen molar-refractivity contribution in [3.8, 4) is 5.75 Å². The second-order valence-electron chi connectivity index (χ2n) is 4.22. The Morgan fingerprint density at radius 1 is 1.44 bits per heavy atom. The number of hydrogen-bond acceptors (Lipinski definition) is 4. The lowest BCUT2D eigenvalue weighted by molar-refractivity contribution is 0.413. The van der Waals surface area contributed by atoms with E-state index in [1.54, 1.807) is 18.4 Å². The quantitative estimate of drug-likeness (QED) is 0.897. The van der Waals surface area contributed by atoms with Crippen LogP contribution < -0.4 is 10.1 Å². The molecule has 0 saturated carbocycles. The number of ether oxygens (including phenoxy) is 1. The van der Waals surface area contributed by atoms with Crippen LogP contribution in [0.3, 0.4) is 0 Å². The predicted octanol–water partition coefficient (Wildman–Crippen LogP) is 3.31. The molecule has 96 valence electrons. The molecule has 0 fully saturated rings. The van der Waals surface area contributed by atoms with Gasteiger partial charge in [-0.05, 0) is 31.5 Å². The third kappa shape index (κ3) is 3.31. The molecule has 18 heavy (non-hydrogen) atoms. The molecule has 0 amide bonds. The molecule has 0 spiro atoms. The van der Waals surface area contributed by atoms with Crippen LogP contribution in [-0.4, -0.2) is 12.1 Å². The van der Waals surface area contributed by atoms with Gasteiger partial charge in [-0.25, -0.2) is 4.98 Å². The Morgan fingerprint density at radius 3 is 2.94 bits per heavy atom. The smallest absolute Gasteiger partial charge is 0.119 e. The van der Waals surface area contributed by atoms with Crippen molar-refractivity contribution in [2.45, 2.75) is 26.4 Å². The summed E-state index contributed by atoms with van der Waals surface area (Å²) in [4.78, 5) is 5.52. The second kappa shape index (κ2) is 5.98. The third-order valence-electron chi connectivity index (χ3n) is 2.85. The third-order valence-corrected chi connectivity index (χ3v) is 3.76. The van der Waals surface area contributed by atoms with Gasteiger partial charge in [0, 0.05) is 23.7 Å². The van der Waals surface area contributed by atoms with E-state index in [1.165, 1.54) is 10.4 Å². The minimum Gasteiger partial charge on any atom is -0.497 e. The highest BCUT2D eigenvalue weighted by Gasteiger charge is 2.06. The minimum atomic E-state index is 0.294. The molecular weight excluding hydrogens is 244 g/mol. The maximum Gasteiger partial charge on any atom is 0.119 e. The summed E-state index contributed by atoms with van der Waals surface area (Å²) < 4.78 is 5.24. The van der Waals surface area contributed by atoms with Gasteiger partial charge in [0.05, 0.1) is 12.1 Å². The van der Waals surface area contributed by atoms with Crippen LogP contribution in [0, 0.1) is 6.92 Å². The van der Waals surface area contributed by atoms with Gasteiger partial charge in [0.2, 0.25) is 0 Å². The zero-order valence-electron chi connectivity index (χ0n) is 10.9. The Kier molecular flexibility index (Phi) is 4.33. The Morgan fingerprint density at radius 2 is 2.28 bits per heavy atom. The Balaban J connectivity index is 1.96. The predicted molar refractivity (Wildman–Crippen MR) is 75.1 cm³/mol. The van der Waals surface area contributed by atoms with Gasteiger partial charge < -0.3 is 10.1 Å². The number of methoxy groups -OCH3 is 1. The summed E-state index contributed by atoms with van der Waals surface area (Å²) in [7, 11) is 1.69. The lowest BCUT2D eigenvalue weighted by Crippen LogP contribution is -2.17. The zero-order valence-corrected chi connectivity index (χ0v) is 11.8. The highest BCUT2D eigenvalue weighted by molar-refractivity contribution is 7.11. The van der Waals surface area contributed by atoms with E-state index in [9.17, 15) is 0 Å². The Labute approximate surface area is 112 Å². The summed E-state index contributed by atoms with van der Waals surface area (Å²) in [5.74, 6) is 0.898. The van der Waals surface area contributed by atoms with Crippen molar-refractivity contribution in [3.63, 3.8) is 0 Å². The van der Waals surface area contributed by atoms with Crippen molar-refractivity contribution in [1.29, 1.82) is 0 Å². The molecule has 1 N–H and O–H groups in total. The molecule has 0 aliphatic carbocycles. The van der Waals surface area contributed by atoms with Crippen LogP contribution in [0.2, 0.25) is 0 Å². The number of hydrogen-bond donors (Lipinski definition) is 1. The van der Waals surface area contributed by atoms with E-state index >= 15 is 0 Å². The molecule has 4 heteroatoms. The first-order valence-electron chi connectivity index (χ1n) is 5.97. The van der Waals surface area contributed by atoms with E-state index in [-0.39, 0.29) is 0 Å². The fourth-order valence-corrected chi connectivity index (χ4v) is 2.52. The first-order chi connectivity index (χ1) is 8.69. The Bertz CT molecular complexity index is 510. The van der Waals surface area contributed by atoms with Crippen LogP contribution in [0.15, 0.2) is 30.5 Å². The van der Waals surface area contributed by atoms with Crippen molar-refractivity contribution in [2.24, 2.45) is 0 Å². The average Bonchev–Trinajstić information content (AvgIpc) is 2.82. The summed E-state index contributed by atoms with van der Waals surface area (Å²) in [5.41, 5.74) is 1.23. The molecule has 0 bridgehead atoms. The lowest BCUT2D eigenvalue weighted by atomic mass is 10.1. The topological polar surface area (TPSA) is 34.1 Å². The van der Waals surface area contributed by atoms with Gasteiger partial charge in [-0.15, -0.1) is 11.3 Å². The highest BCUT2D eigenvalue weighted by Crippen LogP contribution is 2.19. The van der Waals surface area contributed by atoms with Gasteiger partial charge in [0.25, 0.3) is 0 Å². The van der Waals surface area contributed by atoms with Gasteiger partial charge in [0.1, 0.15) is 5.75 Å². The molecular formula is C14H18N2OS. The Hall–Kier alpha value is -1.39. The van der Waals surface area contributed by atoms with E-state index in [4.69, 9.17) is 4.74 Å². The standard InChI is InChI=1S/C14H18N2OS/c1-10(12-5-4-6-13(7-12)17-3)15-8-14-9-16-11(2)18-14/h4-7,9-10,15H,8H2,1-3H3/t10-/m1/s1. The van der Waals surface area contributed by atoms with E-state index in [0.29, 0.717) is 6.04 Å². The van der Waals surface area contributed by atoms with Crippen LogP contribution in [0.4, 0.5) is 0 Å². The van der Waals surface area contributed by atoms with Crippen LogP contribution in [0.25, 0.3) is 0 Å². The molecule has 0 aliphatic heterocycles. The fourth-order valence-electron chi connectivity index (χ4n) is 1.77. The first kappa shape index (κ1) is 13.1. The molecule has 1 aromatic heterocycles.